The maximum Gasteiger partial charge on any atom is 0.235 e. The summed E-state index contributed by atoms with van der Waals surface area (Å²) < 4.78 is 2.17. The molecule has 0 spiro atoms. The van der Waals surface area contributed by atoms with E-state index in [0.717, 1.165) is 40.3 Å². The summed E-state index contributed by atoms with van der Waals surface area (Å²) in [5.74, 6) is 0.484. The van der Waals surface area contributed by atoms with Crippen molar-refractivity contribution in [1.29, 1.82) is 0 Å². The van der Waals surface area contributed by atoms with Crippen LogP contribution in [-0.4, -0.2) is 14.5 Å². The van der Waals surface area contributed by atoms with Crippen LogP contribution in [0.3, 0.4) is 0 Å². The van der Waals surface area contributed by atoms with Crippen LogP contribution in [0.2, 0.25) is 0 Å². The Labute approximate surface area is 140 Å². The van der Waals surface area contributed by atoms with Crippen molar-refractivity contribution in [3.8, 4) is 11.1 Å². The average Bonchev–Trinajstić information content (AvgIpc) is 2.90. The lowest BCUT2D eigenvalue weighted by Gasteiger charge is -2.09. The van der Waals surface area contributed by atoms with E-state index in [9.17, 15) is 10.1 Å². The molecule has 3 aromatic rings. The molecule has 0 radical (unpaired) electrons. The molecule has 0 N–H and O–H groups in total. The number of rotatable bonds is 5. The van der Waals surface area contributed by atoms with Crippen molar-refractivity contribution in [3.63, 3.8) is 0 Å². The van der Waals surface area contributed by atoms with Crippen LogP contribution >= 0.6 is 0 Å². The topological polar surface area (TPSA) is 61.0 Å². The Balaban J connectivity index is 2.14. The Bertz CT molecular complexity index is 896. The minimum Gasteiger partial charge on any atom is -0.347 e. The number of aromatic nitrogens is 2. The molecule has 0 saturated carbocycles. The summed E-state index contributed by atoms with van der Waals surface area (Å²) >= 11 is 0. The number of pyridine rings is 1. The first-order valence-corrected chi connectivity index (χ1v) is 7.89. The monoisotopic (exact) mass is 321 g/mol. The van der Waals surface area contributed by atoms with Gasteiger partial charge in [0.2, 0.25) is 6.20 Å². The maximum atomic E-state index is 10.6. The van der Waals surface area contributed by atoms with Gasteiger partial charge in [0.15, 0.2) is 0 Å². The molecule has 0 amide bonds. The molecule has 5 nitrogen and oxygen atoms in total. The highest BCUT2D eigenvalue weighted by Gasteiger charge is 2.10. The molecule has 2 heterocycles. The van der Waals surface area contributed by atoms with E-state index in [1.54, 1.807) is 18.5 Å². The second kappa shape index (κ2) is 6.66. The minimum absolute atomic E-state index is 0.434. The predicted molar refractivity (Wildman–Crippen MR) is 96.0 cm³/mol. The van der Waals surface area contributed by atoms with E-state index in [0.29, 0.717) is 5.92 Å². The van der Waals surface area contributed by atoms with Crippen LogP contribution in [0, 0.1) is 16.0 Å². The van der Waals surface area contributed by atoms with Crippen LogP contribution < -0.4 is 0 Å². The number of hydrogen-bond acceptors (Lipinski definition) is 3. The van der Waals surface area contributed by atoms with Crippen LogP contribution in [0.15, 0.2) is 55.1 Å². The lowest BCUT2D eigenvalue weighted by atomic mass is 10.0. The normalized spacial score (nSPS) is 11.6. The number of nitrogens with zero attached hydrogens (tertiary/aromatic N) is 3. The molecular weight excluding hydrogens is 302 g/mol. The SMILES string of the molecule is CC(C)Cn1cc(/C=C\[N+](=O)[O-])c2ccc(-c3ccncc3)cc21. The van der Waals surface area contributed by atoms with Gasteiger partial charge in [-0.25, -0.2) is 0 Å². The highest BCUT2D eigenvalue weighted by atomic mass is 16.6. The van der Waals surface area contributed by atoms with Crippen LogP contribution in [-0.2, 0) is 6.54 Å². The predicted octanol–water partition coefficient (Wildman–Crippen LogP) is 4.61. The standard InChI is InChI=1S/C19H19N3O2/c1-14(2)12-21-13-17(7-10-22(23)24)18-4-3-16(11-19(18)21)15-5-8-20-9-6-15/h3-11,13-14H,12H2,1-2H3/b10-7-. The largest absolute Gasteiger partial charge is 0.347 e. The lowest BCUT2D eigenvalue weighted by Crippen LogP contribution is -2.02. The van der Waals surface area contributed by atoms with Gasteiger partial charge >= 0.3 is 0 Å². The molecule has 0 fully saturated rings. The van der Waals surface area contributed by atoms with Gasteiger partial charge in [-0.1, -0.05) is 26.0 Å². The van der Waals surface area contributed by atoms with Crippen molar-refractivity contribution in [3.05, 3.63) is 70.8 Å². The van der Waals surface area contributed by atoms with Gasteiger partial charge in [-0.15, -0.1) is 0 Å². The molecular formula is C19H19N3O2. The maximum absolute atomic E-state index is 10.6. The van der Waals surface area contributed by atoms with E-state index >= 15 is 0 Å². The van der Waals surface area contributed by atoms with Gasteiger partial charge in [0, 0.05) is 47.7 Å². The van der Waals surface area contributed by atoms with Gasteiger partial charge in [-0.2, -0.15) is 0 Å². The number of fused-ring (bicyclic) bond motifs is 1. The van der Waals surface area contributed by atoms with Crippen LogP contribution in [0.4, 0.5) is 0 Å². The van der Waals surface area contributed by atoms with Gasteiger partial charge in [0.05, 0.1) is 4.92 Å². The Kier molecular flexibility index (Phi) is 4.42. The molecule has 122 valence electrons. The molecule has 0 saturated heterocycles. The molecule has 2 aromatic heterocycles. The van der Waals surface area contributed by atoms with Gasteiger partial charge in [0.25, 0.3) is 0 Å². The van der Waals surface area contributed by atoms with Crippen molar-refractivity contribution < 1.29 is 4.92 Å². The quantitative estimate of drug-likeness (QED) is 0.509. The van der Waals surface area contributed by atoms with Gasteiger partial charge in [0.1, 0.15) is 0 Å². The molecule has 0 bridgehead atoms. The number of benzene rings is 1. The summed E-state index contributed by atoms with van der Waals surface area (Å²) in [6.45, 7) is 5.18. The van der Waals surface area contributed by atoms with E-state index in [1.807, 2.05) is 30.5 Å². The first-order chi connectivity index (χ1) is 11.5. The molecule has 0 aliphatic heterocycles. The van der Waals surface area contributed by atoms with E-state index in [1.165, 1.54) is 0 Å². The zero-order valence-electron chi connectivity index (χ0n) is 13.7. The zero-order valence-corrected chi connectivity index (χ0v) is 13.7. The second-order valence-corrected chi connectivity index (χ2v) is 6.20. The number of nitro groups is 1. The minimum atomic E-state index is -0.434. The van der Waals surface area contributed by atoms with Gasteiger partial charge in [-0.05, 0) is 35.2 Å². The van der Waals surface area contributed by atoms with Crippen molar-refractivity contribution >= 4 is 17.0 Å². The fraction of sp³-hybridized carbons (Fsp3) is 0.211. The summed E-state index contributed by atoms with van der Waals surface area (Å²) in [6.07, 6.45) is 8.09. The van der Waals surface area contributed by atoms with Crippen molar-refractivity contribution in [2.75, 3.05) is 0 Å². The fourth-order valence-electron chi connectivity index (χ4n) is 2.86. The summed E-state index contributed by atoms with van der Waals surface area (Å²) in [4.78, 5) is 14.3. The zero-order chi connectivity index (χ0) is 17.1. The Morgan fingerprint density at radius 3 is 2.62 bits per heavy atom. The van der Waals surface area contributed by atoms with Crippen LogP contribution in [0.25, 0.3) is 28.1 Å². The lowest BCUT2D eigenvalue weighted by molar-refractivity contribution is -0.400. The molecule has 3 rings (SSSR count). The van der Waals surface area contributed by atoms with Crippen LogP contribution in [0.5, 0.6) is 0 Å². The third-order valence-electron chi connectivity index (χ3n) is 3.86. The summed E-state index contributed by atoms with van der Waals surface area (Å²) in [6, 6.07) is 10.2. The fourth-order valence-corrected chi connectivity index (χ4v) is 2.86. The van der Waals surface area contributed by atoms with Gasteiger partial charge < -0.3 is 4.57 Å². The molecule has 0 unspecified atom stereocenters. The highest BCUT2D eigenvalue weighted by Crippen LogP contribution is 2.29. The van der Waals surface area contributed by atoms with E-state index in [2.05, 4.69) is 29.5 Å². The first-order valence-electron chi connectivity index (χ1n) is 7.89. The van der Waals surface area contributed by atoms with E-state index < -0.39 is 4.92 Å². The molecule has 0 atom stereocenters. The molecule has 24 heavy (non-hydrogen) atoms. The molecule has 5 heteroatoms. The highest BCUT2D eigenvalue weighted by molar-refractivity contribution is 5.92. The van der Waals surface area contributed by atoms with E-state index in [-0.39, 0.29) is 0 Å². The third-order valence-corrected chi connectivity index (χ3v) is 3.86. The Hall–Kier alpha value is -2.95. The first kappa shape index (κ1) is 15.9. The molecule has 1 aromatic carbocycles. The Morgan fingerprint density at radius 1 is 1.21 bits per heavy atom. The summed E-state index contributed by atoms with van der Waals surface area (Å²) in [5.41, 5.74) is 4.16. The third kappa shape index (κ3) is 3.35. The number of hydrogen-bond donors (Lipinski definition) is 0. The van der Waals surface area contributed by atoms with Gasteiger partial charge in [-0.3, -0.25) is 15.1 Å². The van der Waals surface area contributed by atoms with E-state index in [4.69, 9.17) is 0 Å². The smallest absolute Gasteiger partial charge is 0.235 e. The average molecular weight is 321 g/mol. The summed E-state index contributed by atoms with van der Waals surface area (Å²) in [7, 11) is 0. The Morgan fingerprint density at radius 2 is 1.96 bits per heavy atom. The summed E-state index contributed by atoms with van der Waals surface area (Å²) in [5, 5.41) is 11.7. The van der Waals surface area contributed by atoms with Crippen molar-refractivity contribution in [2.24, 2.45) is 5.92 Å². The van der Waals surface area contributed by atoms with Crippen molar-refractivity contribution in [2.45, 2.75) is 20.4 Å². The van der Waals surface area contributed by atoms with Crippen molar-refractivity contribution in [1.82, 2.24) is 9.55 Å². The molecule has 0 aliphatic rings. The van der Waals surface area contributed by atoms with Crippen LogP contribution in [0.1, 0.15) is 19.4 Å². The second-order valence-electron chi connectivity index (χ2n) is 6.20. The molecule has 0 aliphatic carbocycles.